The third kappa shape index (κ3) is 2.30. The van der Waals surface area contributed by atoms with Crippen molar-refractivity contribution in [1.29, 1.82) is 0 Å². The number of benzene rings is 1. The van der Waals surface area contributed by atoms with Crippen molar-refractivity contribution in [2.75, 3.05) is 5.73 Å². The van der Waals surface area contributed by atoms with E-state index in [2.05, 4.69) is 0 Å². The van der Waals surface area contributed by atoms with Gasteiger partial charge >= 0.3 is 6.18 Å². The number of nitrogens with zero attached hydrogens (tertiary/aromatic N) is 1. The van der Waals surface area contributed by atoms with Crippen LogP contribution >= 0.6 is 11.6 Å². The van der Waals surface area contributed by atoms with Gasteiger partial charge in [-0.3, -0.25) is 10.1 Å². The first-order chi connectivity index (χ1) is 6.73. The van der Waals surface area contributed by atoms with Crippen LogP contribution in [0.15, 0.2) is 12.1 Å². The number of nitrogen functional groups attached to an aromatic ring is 1. The van der Waals surface area contributed by atoms with Crippen LogP contribution in [0.5, 0.6) is 0 Å². The summed E-state index contributed by atoms with van der Waals surface area (Å²) in [6.07, 6.45) is -4.69. The van der Waals surface area contributed by atoms with E-state index in [4.69, 9.17) is 17.3 Å². The normalized spacial score (nSPS) is 11.5. The number of rotatable bonds is 1. The van der Waals surface area contributed by atoms with Crippen molar-refractivity contribution in [3.8, 4) is 0 Å². The molecule has 1 aromatic rings. The van der Waals surface area contributed by atoms with Crippen LogP contribution in [0.25, 0.3) is 0 Å². The van der Waals surface area contributed by atoms with Gasteiger partial charge in [0.1, 0.15) is 5.02 Å². The fourth-order valence-corrected chi connectivity index (χ4v) is 1.11. The largest absolute Gasteiger partial charge is 0.416 e. The monoisotopic (exact) mass is 240 g/mol. The summed E-state index contributed by atoms with van der Waals surface area (Å²) in [5.74, 6) is 0. The molecule has 0 amide bonds. The highest BCUT2D eigenvalue weighted by molar-refractivity contribution is 6.35. The number of alkyl halides is 3. The molecule has 1 aromatic carbocycles. The number of nitrogens with two attached hydrogens (primary N) is 1. The molecule has 0 aliphatic heterocycles. The Balaban J connectivity index is 3.43. The van der Waals surface area contributed by atoms with Crippen molar-refractivity contribution in [1.82, 2.24) is 0 Å². The summed E-state index contributed by atoms with van der Waals surface area (Å²) in [5, 5.41) is 9.86. The molecule has 4 nitrogen and oxygen atoms in total. The van der Waals surface area contributed by atoms with E-state index in [0.29, 0.717) is 12.1 Å². The zero-order valence-corrected chi connectivity index (χ0v) is 7.76. The molecular formula is C7H4ClF3N2O2. The van der Waals surface area contributed by atoms with E-state index >= 15 is 0 Å². The molecule has 0 atom stereocenters. The van der Waals surface area contributed by atoms with Crippen LogP contribution in [0.3, 0.4) is 0 Å². The molecule has 1 rings (SSSR count). The Labute approximate surface area is 86.6 Å². The van der Waals surface area contributed by atoms with Crippen LogP contribution in [-0.4, -0.2) is 4.92 Å². The summed E-state index contributed by atoms with van der Waals surface area (Å²) in [6, 6.07) is 0.897. The number of hydrogen-bond acceptors (Lipinski definition) is 3. The summed E-state index contributed by atoms with van der Waals surface area (Å²) in [6.45, 7) is 0. The van der Waals surface area contributed by atoms with Crippen LogP contribution in [0.4, 0.5) is 24.5 Å². The highest BCUT2D eigenvalue weighted by atomic mass is 35.5. The molecule has 0 aliphatic carbocycles. The molecule has 0 saturated carbocycles. The Kier molecular flexibility index (Phi) is 2.76. The first-order valence-electron chi connectivity index (χ1n) is 3.54. The molecular weight excluding hydrogens is 237 g/mol. The maximum atomic E-state index is 12.2. The summed E-state index contributed by atoms with van der Waals surface area (Å²) in [4.78, 5) is 9.33. The summed E-state index contributed by atoms with van der Waals surface area (Å²) in [7, 11) is 0. The lowest BCUT2D eigenvalue weighted by Crippen LogP contribution is -2.07. The van der Waals surface area contributed by atoms with Crippen LogP contribution in [0.1, 0.15) is 5.56 Å². The summed E-state index contributed by atoms with van der Waals surface area (Å²) >= 11 is 5.38. The van der Waals surface area contributed by atoms with Gasteiger partial charge in [0.15, 0.2) is 0 Å². The third-order valence-electron chi connectivity index (χ3n) is 1.61. The van der Waals surface area contributed by atoms with Gasteiger partial charge in [0.05, 0.1) is 16.2 Å². The molecule has 15 heavy (non-hydrogen) atoms. The second kappa shape index (κ2) is 3.58. The zero-order valence-electron chi connectivity index (χ0n) is 7.01. The molecule has 8 heteroatoms. The van der Waals surface area contributed by atoms with E-state index in [9.17, 15) is 23.3 Å². The van der Waals surface area contributed by atoms with E-state index in [1.54, 1.807) is 0 Å². The van der Waals surface area contributed by atoms with Crippen LogP contribution in [0, 0.1) is 10.1 Å². The van der Waals surface area contributed by atoms with E-state index < -0.39 is 33.1 Å². The maximum absolute atomic E-state index is 12.2. The van der Waals surface area contributed by atoms with Gasteiger partial charge in [-0.05, 0) is 6.07 Å². The topological polar surface area (TPSA) is 69.2 Å². The van der Waals surface area contributed by atoms with E-state index in [1.165, 1.54) is 0 Å². The lowest BCUT2D eigenvalue weighted by molar-refractivity contribution is -0.384. The van der Waals surface area contributed by atoms with Gasteiger partial charge in [0.2, 0.25) is 0 Å². The average molecular weight is 241 g/mol. The maximum Gasteiger partial charge on any atom is 0.416 e. The molecule has 2 N–H and O–H groups in total. The first kappa shape index (κ1) is 11.6. The molecule has 0 unspecified atom stereocenters. The lowest BCUT2D eigenvalue weighted by atomic mass is 10.1. The van der Waals surface area contributed by atoms with E-state index in [-0.39, 0.29) is 0 Å². The molecule has 0 aliphatic rings. The predicted molar refractivity (Wildman–Crippen MR) is 47.5 cm³/mol. The second-order valence-corrected chi connectivity index (χ2v) is 3.03. The van der Waals surface area contributed by atoms with Gasteiger partial charge < -0.3 is 5.73 Å². The van der Waals surface area contributed by atoms with Crippen molar-refractivity contribution in [2.45, 2.75) is 6.18 Å². The van der Waals surface area contributed by atoms with Crippen molar-refractivity contribution in [3.05, 3.63) is 32.8 Å². The highest BCUT2D eigenvalue weighted by Gasteiger charge is 2.33. The Morgan fingerprint density at radius 2 is 1.93 bits per heavy atom. The molecule has 0 bridgehead atoms. The Hall–Kier alpha value is -1.50. The zero-order chi connectivity index (χ0) is 11.8. The Bertz CT molecular complexity index is 419. The van der Waals surface area contributed by atoms with E-state index in [1.807, 2.05) is 0 Å². The van der Waals surface area contributed by atoms with Gasteiger partial charge in [-0.15, -0.1) is 0 Å². The SMILES string of the molecule is Nc1cc(C(F)(F)F)cc([N+](=O)[O-])c1Cl. The minimum atomic E-state index is -4.69. The number of nitro benzene ring substituents is 1. The molecule has 0 radical (unpaired) electrons. The third-order valence-corrected chi connectivity index (χ3v) is 2.02. The van der Waals surface area contributed by atoms with Crippen molar-refractivity contribution in [3.63, 3.8) is 0 Å². The fourth-order valence-electron chi connectivity index (χ4n) is 0.928. The van der Waals surface area contributed by atoms with Crippen molar-refractivity contribution < 1.29 is 18.1 Å². The summed E-state index contributed by atoms with van der Waals surface area (Å²) in [5.41, 5.74) is 2.59. The fraction of sp³-hybridized carbons (Fsp3) is 0.143. The highest BCUT2D eigenvalue weighted by Crippen LogP contribution is 2.38. The second-order valence-electron chi connectivity index (χ2n) is 2.65. The average Bonchev–Trinajstić information content (AvgIpc) is 2.06. The minimum Gasteiger partial charge on any atom is -0.397 e. The van der Waals surface area contributed by atoms with Gasteiger partial charge in [0, 0.05) is 6.07 Å². The number of nitro groups is 1. The molecule has 82 valence electrons. The standard InChI is InChI=1S/C7H4ClF3N2O2/c8-6-4(12)1-3(7(9,10)11)2-5(6)13(14)15/h1-2H,12H2. The molecule has 0 aromatic heterocycles. The van der Waals surface area contributed by atoms with Gasteiger partial charge in [-0.2, -0.15) is 13.2 Å². The number of hydrogen-bond donors (Lipinski definition) is 1. The van der Waals surface area contributed by atoms with Crippen LogP contribution in [-0.2, 0) is 6.18 Å². The van der Waals surface area contributed by atoms with Crippen LogP contribution < -0.4 is 5.73 Å². The number of halogens is 4. The smallest absolute Gasteiger partial charge is 0.397 e. The lowest BCUT2D eigenvalue weighted by Gasteiger charge is -2.08. The van der Waals surface area contributed by atoms with Gasteiger partial charge in [-0.1, -0.05) is 11.6 Å². The molecule has 0 saturated heterocycles. The quantitative estimate of drug-likeness (QED) is 0.466. The van der Waals surface area contributed by atoms with Crippen LogP contribution in [0.2, 0.25) is 5.02 Å². The predicted octanol–water partition coefficient (Wildman–Crippen LogP) is 2.85. The van der Waals surface area contributed by atoms with Gasteiger partial charge in [-0.25, -0.2) is 0 Å². The molecule has 0 spiro atoms. The Morgan fingerprint density at radius 1 is 1.40 bits per heavy atom. The Morgan fingerprint density at radius 3 is 2.33 bits per heavy atom. The molecule has 0 fully saturated rings. The number of anilines is 1. The minimum absolute atomic E-state index is 0.346. The summed E-state index contributed by atoms with van der Waals surface area (Å²) < 4.78 is 36.7. The van der Waals surface area contributed by atoms with Crippen molar-refractivity contribution in [2.24, 2.45) is 0 Å². The molecule has 0 heterocycles. The first-order valence-corrected chi connectivity index (χ1v) is 3.92. The van der Waals surface area contributed by atoms with E-state index in [0.717, 1.165) is 0 Å². The van der Waals surface area contributed by atoms with Gasteiger partial charge in [0.25, 0.3) is 5.69 Å². The van der Waals surface area contributed by atoms with Crippen molar-refractivity contribution >= 4 is 23.0 Å².